The summed E-state index contributed by atoms with van der Waals surface area (Å²) in [5, 5.41) is 0. The summed E-state index contributed by atoms with van der Waals surface area (Å²) in [7, 11) is -1.14. The van der Waals surface area contributed by atoms with E-state index in [4.69, 9.17) is 14.2 Å². The van der Waals surface area contributed by atoms with Crippen molar-refractivity contribution >= 4 is 26.4 Å². The van der Waals surface area contributed by atoms with E-state index < -0.39 is 19.6 Å². The molecule has 26 heavy (non-hydrogen) atoms. The highest BCUT2D eigenvalue weighted by molar-refractivity contribution is 6.76. The lowest BCUT2D eigenvalue weighted by atomic mass is 10.1. The fourth-order valence-corrected chi connectivity index (χ4v) is 2.68. The number of aldehydes is 1. The molecule has 0 N–H and O–H groups in total. The number of carbonyl (C=O) groups excluding carboxylic acids is 2. The molecule has 1 aromatic carbocycles. The number of hydrogen-bond donors (Lipinski definition) is 0. The highest BCUT2D eigenvalue weighted by Crippen LogP contribution is 2.20. The van der Waals surface area contributed by atoms with Gasteiger partial charge in [-0.2, -0.15) is 0 Å². The van der Waals surface area contributed by atoms with Gasteiger partial charge in [0, 0.05) is 20.8 Å². The Morgan fingerprint density at radius 1 is 1.19 bits per heavy atom. The van der Waals surface area contributed by atoms with Gasteiger partial charge < -0.3 is 14.2 Å². The second-order valence-corrected chi connectivity index (χ2v) is 13.9. The van der Waals surface area contributed by atoms with Crippen molar-refractivity contribution < 1.29 is 23.8 Å². The van der Waals surface area contributed by atoms with Gasteiger partial charge in [-0.05, 0) is 50.6 Å². The summed E-state index contributed by atoms with van der Waals surface area (Å²) >= 11 is 0. The van der Waals surface area contributed by atoms with Crippen LogP contribution in [0, 0.1) is 0 Å². The van der Waals surface area contributed by atoms with Gasteiger partial charge in [-0.1, -0.05) is 25.7 Å². The summed E-state index contributed by atoms with van der Waals surface area (Å²) in [5.41, 5.74) is 0.636. The van der Waals surface area contributed by atoms with E-state index in [1.807, 2.05) is 20.8 Å². The second-order valence-electron chi connectivity index (χ2n) is 8.26. The van der Waals surface area contributed by atoms with Crippen LogP contribution in [0.4, 0.5) is 0 Å². The molecule has 144 valence electrons. The van der Waals surface area contributed by atoms with Gasteiger partial charge in [0.2, 0.25) is 0 Å². The van der Waals surface area contributed by atoms with E-state index >= 15 is 0 Å². The maximum atomic E-state index is 11.8. The highest BCUT2D eigenvalue weighted by atomic mass is 28.3. The van der Waals surface area contributed by atoms with Gasteiger partial charge in [-0.15, -0.1) is 0 Å². The van der Waals surface area contributed by atoms with Crippen molar-refractivity contribution in [3.05, 3.63) is 35.4 Å². The molecule has 0 aliphatic carbocycles. The molecule has 0 aliphatic heterocycles. The van der Waals surface area contributed by atoms with Crippen molar-refractivity contribution in [1.82, 2.24) is 0 Å². The SMILES string of the molecule is CC(C)(C)OC(=O)/C=C/c1ccc(C=O)c(OCOCC[Si](C)(C)C)c1. The molecule has 0 atom stereocenters. The van der Waals surface area contributed by atoms with Gasteiger partial charge in [-0.3, -0.25) is 4.79 Å². The number of ether oxygens (including phenoxy) is 3. The molecule has 0 fully saturated rings. The minimum Gasteiger partial charge on any atom is -0.467 e. The maximum absolute atomic E-state index is 11.8. The third-order valence-corrected chi connectivity index (χ3v) is 4.98. The first-order valence-electron chi connectivity index (χ1n) is 8.71. The molecule has 0 saturated heterocycles. The van der Waals surface area contributed by atoms with Gasteiger partial charge in [0.25, 0.3) is 0 Å². The molecule has 0 saturated carbocycles. The zero-order valence-electron chi connectivity index (χ0n) is 16.6. The van der Waals surface area contributed by atoms with E-state index in [9.17, 15) is 9.59 Å². The fraction of sp³-hybridized carbons (Fsp3) is 0.500. The molecule has 5 nitrogen and oxygen atoms in total. The van der Waals surface area contributed by atoms with Crippen LogP contribution in [0.1, 0.15) is 36.7 Å². The zero-order chi connectivity index (χ0) is 19.8. The number of esters is 1. The molecule has 0 aromatic heterocycles. The average Bonchev–Trinajstić information content (AvgIpc) is 2.50. The van der Waals surface area contributed by atoms with Gasteiger partial charge in [0.15, 0.2) is 13.1 Å². The lowest BCUT2D eigenvalue weighted by molar-refractivity contribution is -0.148. The van der Waals surface area contributed by atoms with Crippen LogP contribution in [0.3, 0.4) is 0 Å². The van der Waals surface area contributed by atoms with Crippen LogP contribution in [-0.2, 0) is 14.3 Å². The minimum atomic E-state index is -1.14. The molecule has 6 heteroatoms. The van der Waals surface area contributed by atoms with E-state index in [1.165, 1.54) is 6.08 Å². The Balaban J connectivity index is 2.67. The number of rotatable bonds is 9. The first-order valence-corrected chi connectivity index (χ1v) is 12.4. The summed E-state index contributed by atoms with van der Waals surface area (Å²) in [6.07, 6.45) is 3.72. The predicted octanol–water partition coefficient (Wildman–Crippen LogP) is 4.55. The first kappa shape index (κ1) is 22.1. The van der Waals surface area contributed by atoms with Gasteiger partial charge in [0.1, 0.15) is 11.4 Å². The number of benzene rings is 1. The van der Waals surface area contributed by atoms with Crippen LogP contribution < -0.4 is 4.74 Å². The molecular formula is C20H30O5Si. The number of hydrogen-bond acceptors (Lipinski definition) is 5. The van der Waals surface area contributed by atoms with E-state index in [-0.39, 0.29) is 6.79 Å². The zero-order valence-corrected chi connectivity index (χ0v) is 17.6. The molecule has 1 aromatic rings. The lowest BCUT2D eigenvalue weighted by Gasteiger charge is -2.18. The van der Waals surface area contributed by atoms with Crippen molar-refractivity contribution in [2.75, 3.05) is 13.4 Å². The Kier molecular flexibility index (Phi) is 8.24. The normalized spacial score (nSPS) is 12.2. The van der Waals surface area contributed by atoms with E-state index in [0.29, 0.717) is 17.9 Å². The maximum Gasteiger partial charge on any atom is 0.331 e. The van der Waals surface area contributed by atoms with Crippen molar-refractivity contribution in [1.29, 1.82) is 0 Å². The second kappa shape index (κ2) is 9.69. The minimum absolute atomic E-state index is 0.0879. The molecule has 0 spiro atoms. The van der Waals surface area contributed by atoms with Crippen LogP contribution >= 0.6 is 0 Å². The van der Waals surface area contributed by atoms with Gasteiger partial charge >= 0.3 is 5.97 Å². The van der Waals surface area contributed by atoms with E-state index in [2.05, 4.69) is 19.6 Å². The van der Waals surface area contributed by atoms with Gasteiger partial charge in [-0.25, -0.2) is 4.79 Å². The van der Waals surface area contributed by atoms with Crippen molar-refractivity contribution in [2.24, 2.45) is 0 Å². The monoisotopic (exact) mass is 378 g/mol. The quantitative estimate of drug-likeness (QED) is 0.158. The summed E-state index contributed by atoms with van der Waals surface area (Å²) in [6, 6.07) is 6.14. The van der Waals surface area contributed by atoms with Crippen LogP contribution in [-0.4, -0.2) is 39.3 Å². The Hall–Kier alpha value is -1.92. The van der Waals surface area contributed by atoms with E-state index in [0.717, 1.165) is 17.9 Å². The molecule has 1 rings (SSSR count). The summed E-state index contributed by atoms with van der Waals surface area (Å²) in [5.74, 6) is 0.00783. The van der Waals surface area contributed by atoms with Crippen molar-refractivity contribution in [2.45, 2.75) is 52.1 Å². The molecule has 0 amide bonds. The fourth-order valence-electron chi connectivity index (χ4n) is 1.92. The standard InChI is InChI=1S/C20H30O5Si/c1-20(2,3)25-19(22)10-8-16-7-9-17(14-21)18(13-16)24-15-23-11-12-26(4,5)6/h7-10,13-14H,11-12,15H2,1-6H3/b10-8+. The van der Waals surface area contributed by atoms with Gasteiger partial charge in [0.05, 0.1) is 5.56 Å². The Labute approximate surface area is 157 Å². The molecule has 0 unspecified atom stereocenters. The molecule has 0 bridgehead atoms. The van der Waals surface area contributed by atoms with Crippen LogP contribution in [0.2, 0.25) is 25.7 Å². The largest absolute Gasteiger partial charge is 0.467 e. The molecule has 0 aliphatic rings. The number of carbonyl (C=O) groups is 2. The summed E-state index contributed by atoms with van der Waals surface area (Å²) in [6.45, 7) is 13.0. The third-order valence-electron chi connectivity index (χ3n) is 3.28. The third kappa shape index (κ3) is 9.53. The summed E-state index contributed by atoms with van der Waals surface area (Å²) < 4.78 is 16.3. The lowest BCUT2D eigenvalue weighted by Crippen LogP contribution is -2.22. The van der Waals surface area contributed by atoms with E-state index in [1.54, 1.807) is 24.3 Å². The molecule has 0 radical (unpaired) electrons. The Morgan fingerprint density at radius 2 is 1.88 bits per heavy atom. The first-order chi connectivity index (χ1) is 12.0. The topological polar surface area (TPSA) is 61.8 Å². The van der Waals surface area contributed by atoms with Crippen LogP contribution in [0.25, 0.3) is 6.08 Å². The van der Waals surface area contributed by atoms with Crippen LogP contribution in [0.15, 0.2) is 24.3 Å². The average molecular weight is 379 g/mol. The molecular weight excluding hydrogens is 348 g/mol. The smallest absolute Gasteiger partial charge is 0.331 e. The predicted molar refractivity (Wildman–Crippen MR) is 106 cm³/mol. The Morgan fingerprint density at radius 3 is 2.46 bits per heavy atom. The summed E-state index contributed by atoms with van der Waals surface area (Å²) in [4.78, 5) is 22.9. The Bertz CT molecular complexity index is 639. The van der Waals surface area contributed by atoms with Crippen molar-refractivity contribution in [3.63, 3.8) is 0 Å². The van der Waals surface area contributed by atoms with Crippen LogP contribution in [0.5, 0.6) is 5.75 Å². The highest BCUT2D eigenvalue weighted by Gasteiger charge is 2.14. The van der Waals surface area contributed by atoms with Crippen molar-refractivity contribution in [3.8, 4) is 5.75 Å². The molecule has 0 heterocycles.